The number of hydrogen-bond donors (Lipinski definition) is 2. The monoisotopic (exact) mass is 300 g/mol. The first-order valence-electron chi connectivity index (χ1n) is 5.36. The second-order valence-corrected chi connectivity index (χ2v) is 4.96. The molecule has 17 heavy (non-hydrogen) atoms. The van der Waals surface area contributed by atoms with Gasteiger partial charge in [-0.05, 0) is 18.6 Å². The zero-order valence-electron chi connectivity index (χ0n) is 9.98. The number of nitrogens with two attached hydrogens (primary N) is 1. The fraction of sp³-hybridized carbons (Fsp3) is 0.417. The van der Waals surface area contributed by atoms with E-state index in [9.17, 15) is 4.79 Å². The summed E-state index contributed by atoms with van der Waals surface area (Å²) in [5.74, 6) is -0.820. The van der Waals surface area contributed by atoms with Gasteiger partial charge in [0.05, 0.1) is 0 Å². The first-order valence-corrected chi connectivity index (χ1v) is 6.16. The summed E-state index contributed by atoms with van der Waals surface area (Å²) in [4.78, 5) is 12.5. The van der Waals surface area contributed by atoms with E-state index in [-0.39, 0.29) is 12.5 Å². The average molecular weight is 301 g/mol. The molecule has 1 aromatic rings. The molecule has 5 heteroatoms. The van der Waals surface area contributed by atoms with Crippen molar-refractivity contribution in [2.24, 2.45) is 5.73 Å². The van der Waals surface area contributed by atoms with E-state index >= 15 is 0 Å². The van der Waals surface area contributed by atoms with Gasteiger partial charge in [0.1, 0.15) is 0 Å². The van der Waals surface area contributed by atoms with Crippen LogP contribution in [0.25, 0.3) is 0 Å². The molecule has 0 fully saturated rings. The lowest BCUT2D eigenvalue weighted by Crippen LogP contribution is -2.18. The van der Waals surface area contributed by atoms with E-state index < -0.39 is 5.97 Å². The molecule has 3 N–H and O–H groups in total. The van der Waals surface area contributed by atoms with Crippen molar-refractivity contribution in [3.63, 3.8) is 0 Å². The third-order valence-electron chi connectivity index (χ3n) is 2.55. The van der Waals surface area contributed by atoms with Crippen LogP contribution in [0.2, 0.25) is 0 Å². The molecule has 0 amide bonds. The summed E-state index contributed by atoms with van der Waals surface area (Å²) >= 11 is 3.47. The highest BCUT2D eigenvalue weighted by Crippen LogP contribution is 2.33. The number of hydrogen-bond acceptors (Lipinski definition) is 3. The van der Waals surface area contributed by atoms with Gasteiger partial charge >= 0.3 is 5.97 Å². The third-order valence-corrected chi connectivity index (χ3v) is 3.24. The summed E-state index contributed by atoms with van der Waals surface area (Å²) < 4.78 is 0.918. The minimum atomic E-state index is -0.820. The molecule has 0 spiro atoms. The molecule has 0 aliphatic rings. The van der Waals surface area contributed by atoms with Gasteiger partial charge in [-0.3, -0.25) is 4.79 Å². The van der Waals surface area contributed by atoms with Crippen molar-refractivity contribution in [2.75, 3.05) is 19.0 Å². The quantitative estimate of drug-likeness (QED) is 0.876. The molecular weight excluding hydrogens is 284 g/mol. The normalized spacial score (nSPS) is 12.2. The molecule has 0 bridgehead atoms. The Morgan fingerprint density at radius 1 is 1.53 bits per heavy atom. The van der Waals surface area contributed by atoms with Crippen LogP contribution in [0.3, 0.4) is 0 Å². The first-order chi connectivity index (χ1) is 7.93. The molecule has 0 aromatic heterocycles. The first kappa shape index (κ1) is 14.0. The topological polar surface area (TPSA) is 66.6 Å². The van der Waals surface area contributed by atoms with E-state index in [1.54, 1.807) is 0 Å². The molecule has 0 saturated heterocycles. The van der Waals surface area contributed by atoms with E-state index in [1.165, 1.54) is 0 Å². The predicted octanol–water partition coefficient (Wildman–Crippen LogP) is 2.38. The molecule has 0 aliphatic carbocycles. The van der Waals surface area contributed by atoms with E-state index in [4.69, 9.17) is 10.8 Å². The Balaban J connectivity index is 2.98. The van der Waals surface area contributed by atoms with Crippen molar-refractivity contribution in [2.45, 2.75) is 18.9 Å². The maximum absolute atomic E-state index is 10.6. The van der Waals surface area contributed by atoms with Gasteiger partial charge in [-0.25, -0.2) is 0 Å². The number of benzene rings is 1. The Hall–Kier alpha value is -1.07. The Bertz CT molecular complexity index is 407. The van der Waals surface area contributed by atoms with Gasteiger partial charge in [-0.2, -0.15) is 0 Å². The van der Waals surface area contributed by atoms with Crippen molar-refractivity contribution in [3.05, 3.63) is 28.2 Å². The lowest BCUT2D eigenvalue weighted by atomic mass is 10.0. The van der Waals surface area contributed by atoms with Crippen LogP contribution < -0.4 is 10.6 Å². The van der Waals surface area contributed by atoms with E-state index in [0.717, 1.165) is 15.7 Å². The van der Waals surface area contributed by atoms with Crippen LogP contribution in [0.15, 0.2) is 22.7 Å². The van der Waals surface area contributed by atoms with Crippen molar-refractivity contribution in [1.29, 1.82) is 0 Å². The highest BCUT2D eigenvalue weighted by molar-refractivity contribution is 9.10. The van der Waals surface area contributed by atoms with E-state index in [2.05, 4.69) is 15.9 Å². The minimum absolute atomic E-state index is 0.0787. The van der Waals surface area contributed by atoms with Gasteiger partial charge in [0.2, 0.25) is 0 Å². The molecule has 0 saturated carbocycles. The highest BCUT2D eigenvalue weighted by Gasteiger charge is 2.16. The summed E-state index contributed by atoms with van der Waals surface area (Å²) in [6.07, 6.45) is 0.508. The fourth-order valence-electron chi connectivity index (χ4n) is 1.71. The Labute approximate surface area is 110 Å². The summed E-state index contributed by atoms with van der Waals surface area (Å²) in [5, 5.41) is 8.68. The summed E-state index contributed by atoms with van der Waals surface area (Å²) in [7, 11) is 3.88. The summed E-state index contributed by atoms with van der Waals surface area (Å²) in [6, 6.07) is 5.55. The molecule has 0 aliphatic heterocycles. The van der Waals surface area contributed by atoms with E-state index in [0.29, 0.717) is 6.42 Å². The van der Waals surface area contributed by atoms with Crippen LogP contribution in [0.5, 0.6) is 0 Å². The smallest absolute Gasteiger partial charge is 0.303 e. The second-order valence-electron chi connectivity index (χ2n) is 4.11. The zero-order valence-corrected chi connectivity index (χ0v) is 11.6. The molecule has 0 heterocycles. The summed E-state index contributed by atoms with van der Waals surface area (Å²) in [6.45, 7) is 0. The fourth-order valence-corrected chi connectivity index (χ4v) is 2.36. The van der Waals surface area contributed by atoms with Crippen molar-refractivity contribution in [1.82, 2.24) is 0 Å². The van der Waals surface area contributed by atoms with Crippen LogP contribution in [0, 0.1) is 0 Å². The van der Waals surface area contributed by atoms with Crippen LogP contribution >= 0.6 is 15.9 Å². The van der Waals surface area contributed by atoms with Crippen LogP contribution in [0.1, 0.15) is 24.4 Å². The number of carboxylic acids is 1. The number of carbonyl (C=O) groups is 1. The van der Waals surface area contributed by atoms with Crippen LogP contribution in [-0.4, -0.2) is 25.2 Å². The molecule has 1 unspecified atom stereocenters. The number of aliphatic carboxylic acids is 1. The second kappa shape index (κ2) is 6.02. The summed E-state index contributed by atoms with van der Waals surface area (Å²) in [5.41, 5.74) is 8.03. The SMILES string of the molecule is CN(C)c1cccc(Br)c1C(N)CCC(=O)O. The Kier molecular flexibility index (Phi) is 4.96. The zero-order chi connectivity index (χ0) is 13.0. The number of rotatable bonds is 5. The largest absolute Gasteiger partial charge is 0.481 e. The number of nitrogens with zero attached hydrogens (tertiary/aromatic N) is 1. The standard InChI is InChI=1S/C12H17BrN2O2/c1-15(2)10-5-3-4-8(13)12(10)9(14)6-7-11(16)17/h3-5,9H,6-7,14H2,1-2H3,(H,16,17). The van der Waals surface area contributed by atoms with Crippen molar-refractivity contribution in [3.8, 4) is 0 Å². The van der Waals surface area contributed by atoms with Crippen molar-refractivity contribution >= 4 is 27.6 Å². The van der Waals surface area contributed by atoms with E-state index in [1.807, 2.05) is 37.2 Å². The highest BCUT2D eigenvalue weighted by atomic mass is 79.9. The number of halogens is 1. The molecule has 4 nitrogen and oxygen atoms in total. The number of carboxylic acid groups (broad SMARTS) is 1. The van der Waals surface area contributed by atoms with Gasteiger partial charge in [0.15, 0.2) is 0 Å². The molecule has 1 atom stereocenters. The minimum Gasteiger partial charge on any atom is -0.481 e. The van der Waals surface area contributed by atoms with Crippen molar-refractivity contribution < 1.29 is 9.90 Å². The average Bonchev–Trinajstić information content (AvgIpc) is 2.25. The van der Waals surface area contributed by atoms with Gasteiger partial charge in [0.25, 0.3) is 0 Å². The molecule has 1 rings (SSSR count). The Morgan fingerprint density at radius 3 is 2.71 bits per heavy atom. The molecule has 94 valence electrons. The van der Waals surface area contributed by atoms with Gasteiger partial charge < -0.3 is 15.7 Å². The predicted molar refractivity (Wildman–Crippen MR) is 72.3 cm³/mol. The lowest BCUT2D eigenvalue weighted by Gasteiger charge is -2.22. The van der Waals surface area contributed by atoms with Gasteiger partial charge in [-0.15, -0.1) is 0 Å². The van der Waals surface area contributed by atoms with Gasteiger partial charge in [-0.1, -0.05) is 22.0 Å². The maximum Gasteiger partial charge on any atom is 0.303 e. The van der Waals surface area contributed by atoms with Crippen LogP contribution in [-0.2, 0) is 4.79 Å². The lowest BCUT2D eigenvalue weighted by molar-refractivity contribution is -0.137. The van der Waals surface area contributed by atoms with Gasteiger partial charge in [0, 0.05) is 42.3 Å². The molecular formula is C12H17BrN2O2. The number of anilines is 1. The molecule has 1 aromatic carbocycles. The third kappa shape index (κ3) is 3.71. The molecule has 0 radical (unpaired) electrons. The Morgan fingerprint density at radius 2 is 2.18 bits per heavy atom. The van der Waals surface area contributed by atoms with Crippen LogP contribution in [0.4, 0.5) is 5.69 Å². The maximum atomic E-state index is 10.6.